The van der Waals surface area contributed by atoms with Gasteiger partial charge in [0.1, 0.15) is 5.82 Å². The quantitative estimate of drug-likeness (QED) is 0.791. The lowest BCUT2D eigenvalue weighted by Gasteiger charge is -2.22. The summed E-state index contributed by atoms with van der Waals surface area (Å²) in [5.74, 6) is 0.469. The van der Waals surface area contributed by atoms with Gasteiger partial charge in [-0.3, -0.25) is 4.79 Å². The van der Waals surface area contributed by atoms with Gasteiger partial charge in [-0.1, -0.05) is 18.2 Å². The Kier molecular flexibility index (Phi) is 3.74. The molecule has 0 N–H and O–H groups in total. The molecule has 0 atom stereocenters. The second kappa shape index (κ2) is 5.67. The van der Waals surface area contributed by atoms with Gasteiger partial charge in [0.05, 0.1) is 5.69 Å². The third-order valence-electron chi connectivity index (χ3n) is 3.26. The first kappa shape index (κ1) is 13.2. The van der Waals surface area contributed by atoms with Crippen molar-refractivity contribution < 1.29 is 9.18 Å². The number of thioether (sulfide) groups is 1. The number of rotatable bonds is 1. The Balaban J connectivity index is 1.99. The van der Waals surface area contributed by atoms with E-state index < -0.39 is 0 Å². The van der Waals surface area contributed by atoms with E-state index >= 15 is 0 Å². The van der Waals surface area contributed by atoms with Gasteiger partial charge >= 0.3 is 0 Å². The summed E-state index contributed by atoms with van der Waals surface area (Å²) in [6, 6.07) is 13.7. The number of fused-ring (bicyclic) bond motifs is 1. The number of hydrogen-bond donors (Lipinski definition) is 0. The van der Waals surface area contributed by atoms with Gasteiger partial charge in [-0.25, -0.2) is 4.39 Å². The normalized spacial score (nSPS) is 14.6. The van der Waals surface area contributed by atoms with Gasteiger partial charge in [0.15, 0.2) is 0 Å². The summed E-state index contributed by atoms with van der Waals surface area (Å²) >= 11 is 1.76. The number of benzene rings is 2. The molecule has 0 unspecified atom stereocenters. The monoisotopic (exact) mass is 287 g/mol. The molecule has 0 fully saturated rings. The summed E-state index contributed by atoms with van der Waals surface area (Å²) in [5, 5.41) is 0. The van der Waals surface area contributed by atoms with E-state index in [-0.39, 0.29) is 11.7 Å². The van der Waals surface area contributed by atoms with Crippen molar-refractivity contribution in [3.8, 4) is 0 Å². The van der Waals surface area contributed by atoms with Crippen molar-refractivity contribution in [3.63, 3.8) is 0 Å². The Hall–Kier alpha value is -1.81. The molecule has 1 heterocycles. The summed E-state index contributed by atoms with van der Waals surface area (Å²) < 4.78 is 13.3. The van der Waals surface area contributed by atoms with Crippen LogP contribution in [0.5, 0.6) is 0 Å². The molecule has 3 rings (SSSR count). The highest BCUT2D eigenvalue weighted by Crippen LogP contribution is 2.34. The maximum Gasteiger partial charge on any atom is 0.258 e. The van der Waals surface area contributed by atoms with Crippen molar-refractivity contribution >= 4 is 23.4 Å². The highest BCUT2D eigenvalue weighted by molar-refractivity contribution is 7.99. The lowest BCUT2D eigenvalue weighted by molar-refractivity contribution is 0.0986. The first-order valence-corrected chi connectivity index (χ1v) is 7.53. The highest BCUT2D eigenvalue weighted by atomic mass is 32.2. The zero-order valence-electron chi connectivity index (χ0n) is 10.9. The van der Waals surface area contributed by atoms with E-state index in [1.165, 1.54) is 12.1 Å². The third-order valence-corrected chi connectivity index (χ3v) is 4.41. The van der Waals surface area contributed by atoms with Crippen LogP contribution in [-0.4, -0.2) is 18.2 Å². The van der Waals surface area contributed by atoms with Crippen molar-refractivity contribution in [2.24, 2.45) is 0 Å². The molecule has 2 aromatic rings. The molecule has 0 radical (unpaired) electrons. The number of halogens is 1. The van der Waals surface area contributed by atoms with Gasteiger partial charge in [0, 0.05) is 17.0 Å². The molecule has 0 bridgehead atoms. The summed E-state index contributed by atoms with van der Waals surface area (Å²) in [4.78, 5) is 15.5. The van der Waals surface area contributed by atoms with Crippen LogP contribution in [0.15, 0.2) is 53.4 Å². The van der Waals surface area contributed by atoms with Crippen LogP contribution in [0.3, 0.4) is 0 Å². The number of carbonyl (C=O) groups excluding carboxylic acids is 1. The Bertz CT molecular complexity index is 644. The van der Waals surface area contributed by atoms with Crippen LogP contribution in [0.1, 0.15) is 16.8 Å². The van der Waals surface area contributed by atoms with E-state index in [1.807, 2.05) is 24.3 Å². The van der Waals surface area contributed by atoms with E-state index in [1.54, 1.807) is 28.8 Å². The Morgan fingerprint density at radius 3 is 2.85 bits per heavy atom. The van der Waals surface area contributed by atoms with Crippen LogP contribution in [0.4, 0.5) is 10.1 Å². The summed E-state index contributed by atoms with van der Waals surface area (Å²) in [6.07, 6.45) is 0.931. The van der Waals surface area contributed by atoms with Crippen LogP contribution in [-0.2, 0) is 0 Å². The van der Waals surface area contributed by atoms with Gasteiger partial charge in [0.25, 0.3) is 5.91 Å². The number of anilines is 1. The molecule has 0 saturated heterocycles. The van der Waals surface area contributed by atoms with Crippen LogP contribution in [0.2, 0.25) is 0 Å². The minimum atomic E-state index is -0.381. The lowest BCUT2D eigenvalue weighted by Crippen LogP contribution is -2.31. The molecular formula is C16H14FNOS. The lowest BCUT2D eigenvalue weighted by atomic mass is 10.1. The number of amides is 1. The second-order valence-electron chi connectivity index (χ2n) is 4.64. The average molecular weight is 287 g/mol. The molecule has 2 aromatic carbocycles. The molecule has 2 nitrogen and oxygen atoms in total. The molecule has 0 aliphatic carbocycles. The summed E-state index contributed by atoms with van der Waals surface area (Å²) in [6.45, 7) is 0.666. The average Bonchev–Trinajstić information content (AvgIpc) is 2.69. The van der Waals surface area contributed by atoms with Crippen molar-refractivity contribution in [1.29, 1.82) is 0 Å². The SMILES string of the molecule is O=C(c1cccc(F)c1)N1CCCSc2ccccc21. The van der Waals surface area contributed by atoms with E-state index in [0.29, 0.717) is 12.1 Å². The fraction of sp³-hybridized carbons (Fsp3) is 0.188. The van der Waals surface area contributed by atoms with Crippen LogP contribution in [0.25, 0.3) is 0 Å². The van der Waals surface area contributed by atoms with Gasteiger partial charge in [-0.2, -0.15) is 0 Å². The predicted octanol–water partition coefficient (Wildman–Crippen LogP) is 3.97. The van der Waals surface area contributed by atoms with Crippen molar-refractivity contribution in [1.82, 2.24) is 0 Å². The molecule has 102 valence electrons. The van der Waals surface area contributed by atoms with Gasteiger partial charge < -0.3 is 4.90 Å². The molecule has 0 spiro atoms. The summed E-state index contributed by atoms with van der Waals surface area (Å²) in [7, 11) is 0. The van der Waals surface area contributed by atoms with E-state index in [9.17, 15) is 9.18 Å². The Labute approximate surface area is 121 Å². The topological polar surface area (TPSA) is 20.3 Å². The zero-order chi connectivity index (χ0) is 13.9. The van der Waals surface area contributed by atoms with Crippen LogP contribution in [0, 0.1) is 5.82 Å². The van der Waals surface area contributed by atoms with E-state index in [2.05, 4.69) is 0 Å². The number of carbonyl (C=O) groups is 1. The number of nitrogens with zero attached hydrogens (tertiary/aromatic N) is 1. The molecule has 4 heteroatoms. The first-order valence-electron chi connectivity index (χ1n) is 6.55. The zero-order valence-corrected chi connectivity index (χ0v) is 11.7. The predicted molar refractivity (Wildman–Crippen MR) is 79.9 cm³/mol. The number of hydrogen-bond acceptors (Lipinski definition) is 2. The Morgan fingerprint density at radius 1 is 1.15 bits per heavy atom. The fourth-order valence-electron chi connectivity index (χ4n) is 2.32. The minimum Gasteiger partial charge on any atom is -0.307 e. The van der Waals surface area contributed by atoms with Crippen molar-refractivity contribution in [2.75, 3.05) is 17.2 Å². The minimum absolute atomic E-state index is 0.139. The molecule has 1 aliphatic rings. The molecule has 1 aliphatic heterocycles. The molecule has 0 aromatic heterocycles. The Morgan fingerprint density at radius 2 is 2.00 bits per heavy atom. The van der Waals surface area contributed by atoms with Crippen molar-refractivity contribution in [3.05, 3.63) is 59.9 Å². The maximum absolute atomic E-state index is 13.3. The first-order chi connectivity index (χ1) is 9.75. The molecule has 20 heavy (non-hydrogen) atoms. The molecular weight excluding hydrogens is 273 g/mol. The maximum atomic E-state index is 13.3. The van der Waals surface area contributed by atoms with E-state index in [0.717, 1.165) is 22.8 Å². The third kappa shape index (κ3) is 2.56. The van der Waals surface area contributed by atoms with Crippen LogP contribution >= 0.6 is 11.8 Å². The number of para-hydroxylation sites is 1. The molecule has 0 saturated carbocycles. The van der Waals surface area contributed by atoms with E-state index in [4.69, 9.17) is 0 Å². The molecule has 1 amide bonds. The largest absolute Gasteiger partial charge is 0.307 e. The van der Waals surface area contributed by atoms with Crippen molar-refractivity contribution in [2.45, 2.75) is 11.3 Å². The smallest absolute Gasteiger partial charge is 0.258 e. The standard InChI is InChI=1S/C16H14FNOS/c17-13-6-3-5-12(11-13)16(19)18-9-4-10-20-15-8-2-1-7-14(15)18/h1-3,5-8,11H,4,9-10H2. The van der Waals surface area contributed by atoms with Crippen LogP contribution < -0.4 is 4.90 Å². The second-order valence-corrected chi connectivity index (χ2v) is 5.77. The van der Waals surface area contributed by atoms with Gasteiger partial charge in [-0.15, -0.1) is 11.8 Å². The highest BCUT2D eigenvalue weighted by Gasteiger charge is 2.22. The fourth-order valence-corrected chi connectivity index (χ4v) is 3.31. The van der Waals surface area contributed by atoms with Gasteiger partial charge in [-0.05, 0) is 42.5 Å². The van der Waals surface area contributed by atoms with Gasteiger partial charge in [0.2, 0.25) is 0 Å². The summed E-state index contributed by atoms with van der Waals surface area (Å²) in [5.41, 5.74) is 1.32.